The molecule has 0 aliphatic heterocycles. The quantitative estimate of drug-likeness (QED) is 0.424. The molecule has 2 aromatic heterocycles. The number of nitrogens with zero attached hydrogens (tertiary/aromatic N) is 1. The SMILES string of the molecule is Clc1ccc2sc3cc4cccnc4cc3c2c1. The average molecular weight is 270 g/mol. The van der Waals surface area contributed by atoms with Crippen molar-refractivity contribution in [3.63, 3.8) is 0 Å². The maximum absolute atomic E-state index is 6.08. The van der Waals surface area contributed by atoms with Crippen LogP contribution in [0.5, 0.6) is 0 Å². The summed E-state index contributed by atoms with van der Waals surface area (Å²) in [5, 5.41) is 4.42. The van der Waals surface area contributed by atoms with Gasteiger partial charge >= 0.3 is 0 Å². The molecule has 86 valence electrons. The maximum atomic E-state index is 6.08. The van der Waals surface area contributed by atoms with Gasteiger partial charge in [-0.25, -0.2) is 0 Å². The van der Waals surface area contributed by atoms with Crippen molar-refractivity contribution in [1.29, 1.82) is 0 Å². The predicted octanol–water partition coefficient (Wildman–Crippen LogP) is 5.26. The highest BCUT2D eigenvalue weighted by atomic mass is 35.5. The molecular formula is C15H8ClNS. The second kappa shape index (κ2) is 3.67. The first-order valence-electron chi connectivity index (χ1n) is 5.68. The van der Waals surface area contributed by atoms with Gasteiger partial charge in [0, 0.05) is 36.8 Å². The van der Waals surface area contributed by atoms with Crippen LogP contribution in [0.4, 0.5) is 0 Å². The Balaban J connectivity index is 2.25. The van der Waals surface area contributed by atoms with Gasteiger partial charge in [-0.1, -0.05) is 17.7 Å². The van der Waals surface area contributed by atoms with Gasteiger partial charge < -0.3 is 0 Å². The molecule has 0 unspecified atom stereocenters. The van der Waals surface area contributed by atoms with Crippen LogP contribution < -0.4 is 0 Å². The minimum atomic E-state index is 0.781. The van der Waals surface area contributed by atoms with E-state index in [1.165, 1.54) is 25.6 Å². The third-order valence-corrected chi connectivity index (χ3v) is 4.52. The molecule has 2 aromatic carbocycles. The molecule has 0 fully saturated rings. The fourth-order valence-electron chi connectivity index (χ4n) is 2.31. The zero-order valence-corrected chi connectivity index (χ0v) is 10.9. The van der Waals surface area contributed by atoms with Crippen molar-refractivity contribution in [2.24, 2.45) is 0 Å². The predicted molar refractivity (Wildman–Crippen MR) is 79.6 cm³/mol. The minimum absolute atomic E-state index is 0.781. The molecule has 4 aromatic rings. The molecule has 4 rings (SSSR count). The Bertz CT molecular complexity index is 895. The lowest BCUT2D eigenvalue weighted by Crippen LogP contribution is -1.76. The first-order valence-corrected chi connectivity index (χ1v) is 6.87. The lowest BCUT2D eigenvalue weighted by atomic mass is 10.1. The summed E-state index contributed by atoms with van der Waals surface area (Å²) in [4.78, 5) is 4.41. The number of benzene rings is 2. The van der Waals surface area contributed by atoms with Gasteiger partial charge in [-0.3, -0.25) is 4.98 Å². The summed E-state index contributed by atoms with van der Waals surface area (Å²) in [5.41, 5.74) is 1.03. The van der Waals surface area contributed by atoms with Crippen LogP contribution in [0.3, 0.4) is 0 Å². The smallest absolute Gasteiger partial charge is 0.0709 e. The third-order valence-electron chi connectivity index (χ3n) is 3.16. The number of rotatable bonds is 0. The van der Waals surface area contributed by atoms with E-state index in [0.717, 1.165) is 10.5 Å². The number of fused-ring (bicyclic) bond motifs is 4. The first kappa shape index (κ1) is 10.3. The summed E-state index contributed by atoms with van der Waals surface area (Å²) >= 11 is 7.88. The summed E-state index contributed by atoms with van der Waals surface area (Å²) in [7, 11) is 0. The van der Waals surface area contributed by atoms with Crippen molar-refractivity contribution < 1.29 is 0 Å². The highest BCUT2D eigenvalue weighted by Crippen LogP contribution is 2.37. The zero-order chi connectivity index (χ0) is 12.1. The zero-order valence-electron chi connectivity index (χ0n) is 9.35. The number of hydrogen-bond acceptors (Lipinski definition) is 2. The highest BCUT2D eigenvalue weighted by Gasteiger charge is 2.07. The van der Waals surface area contributed by atoms with Crippen molar-refractivity contribution in [3.05, 3.63) is 53.7 Å². The lowest BCUT2D eigenvalue weighted by molar-refractivity contribution is 1.42. The van der Waals surface area contributed by atoms with Gasteiger partial charge in [0.25, 0.3) is 0 Å². The molecule has 0 amide bonds. The molecule has 0 aliphatic rings. The number of pyridine rings is 1. The number of halogens is 1. The van der Waals surface area contributed by atoms with Crippen LogP contribution in [0.15, 0.2) is 48.7 Å². The van der Waals surface area contributed by atoms with Crippen molar-refractivity contribution in [3.8, 4) is 0 Å². The Hall–Kier alpha value is -1.64. The topological polar surface area (TPSA) is 12.9 Å². The van der Waals surface area contributed by atoms with E-state index in [2.05, 4.69) is 29.2 Å². The van der Waals surface area contributed by atoms with E-state index in [9.17, 15) is 0 Å². The number of hydrogen-bond donors (Lipinski definition) is 0. The van der Waals surface area contributed by atoms with Gasteiger partial charge in [0.1, 0.15) is 0 Å². The summed E-state index contributed by atoms with van der Waals surface area (Å²) in [6.45, 7) is 0. The molecule has 0 bridgehead atoms. The van der Waals surface area contributed by atoms with Gasteiger partial charge in [0.15, 0.2) is 0 Å². The van der Waals surface area contributed by atoms with E-state index in [1.54, 1.807) is 11.3 Å². The van der Waals surface area contributed by atoms with Crippen LogP contribution in [0.25, 0.3) is 31.1 Å². The van der Waals surface area contributed by atoms with Crippen LogP contribution in [0.1, 0.15) is 0 Å². The molecule has 0 aliphatic carbocycles. The summed E-state index contributed by atoms with van der Waals surface area (Å²) < 4.78 is 2.55. The van der Waals surface area contributed by atoms with Crippen LogP contribution in [0, 0.1) is 0 Å². The first-order chi connectivity index (χ1) is 8.81. The molecule has 0 atom stereocenters. The lowest BCUT2D eigenvalue weighted by Gasteiger charge is -1.97. The van der Waals surface area contributed by atoms with Gasteiger partial charge in [0.05, 0.1) is 5.52 Å². The van der Waals surface area contributed by atoms with Crippen LogP contribution >= 0.6 is 22.9 Å². The van der Waals surface area contributed by atoms with Gasteiger partial charge in [-0.05, 0) is 36.4 Å². The number of thiophene rings is 1. The second-order valence-electron chi connectivity index (χ2n) is 4.29. The van der Waals surface area contributed by atoms with E-state index in [0.29, 0.717) is 0 Å². The Kier molecular flexibility index (Phi) is 2.10. The average Bonchev–Trinajstić information content (AvgIpc) is 2.73. The van der Waals surface area contributed by atoms with E-state index in [-0.39, 0.29) is 0 Å². The Morgan fingerprint density at radius 2 is 1.83 bits per heavy atom. The maximum Gasteiger partial charge on any atom is 0.0709 e. The van der Waals surface area contributed by atoms with Crippen molar-refractivity contribution >= 4 is 54.0 Å². The largest absolute Gasteiger partial charge is 0.256 e. The van der Waals surface area contributed by atoms with Crippen molar-refractivity contribution in [2.45, 2.75) is 0 Å². The highest BCUT2D eigenvalue weighted by molar-refractivity contribution is 7.25. The second-order valence-corrected chi connectivity index (χ2v) is 5.81. The Morgan fingerprint density at radius 3 is 2.78 bits per heavy atom. The Labute approximate surface area is 113 Å². The molecule has 2 heterocycles. The fraction of sp³-hybridized carbons (Fsp3) is 0. The van der Waals surface area contributed by atoms with E-state index in [4.69, 9.17) is 11.6 Å². The standard InChI is InChI=1S/C15H8ClNS/c16-10-3-4-14-11(7-10)12-8-13-9(2-1-5-17-13)6-15(12)18-14/h1-8H. The molecule has 3 heteroatoms. The minimum Gasteiger partial charge on any atom is -0.256 e. The number of aromatic nitrogens is 1. The van der Waals surface area contributed by atoms with E-state index >= 15 is 0 Å². The molecular weight excluding hydrogens is 262 g/mol. The molecule has 0 N–H and O–H groups in total. The molecule has 1 nitrogen and oxygen atoms in total. The molecule has 0 radical (unpaired) electrons. The molecule has 0 saturated carbocycles. The fourth-order valence-corrected chi connectivity index (χ4v) is 3.60. The van der Waals surface area contributed by atoms with Gasteiger partial charge in [-0.15, -0.1) is 11.3 Å². The van der Waals surface area contributed by atoms with Crippen LogP contribution in [0.2, 0.25) is 5.02 Å². The Morgan fingerprint density at radius 1 is 0.944 bits per heavy atom. The van der Waals surface area contributed by atoms with Crippen molar-refractivity contribution in [2.75, 3.05) is 0 Å². The van der Waals surface area contributed by atoms with Crippen LogP contribution in [-0.4, -0.2) is 4.98 Å². The summed E-state index contributed by atoms with van der Waals surface area (Å²) in [5.74, 6) is 0. The molecule has 0 spiro atoms. The van der Waals surface area contributed by atoms with Crippen molar-refractivity contribution in [1.82, 2.24) is 4.98 Å². The third kappa shape index (κ3) is 1.43. The molecule has 0 saturated heterocycles. The summed E-state index contributed by atoms with van der Waals surface area (Å²) in [6.07, 6.45) is 1.83. The van der Waals surface area contributed by atoms with Crippen LogP contribution in [-0.2, 0) is 0 Å². The van der Waals surface area contributed by atoms with Gasteiger partial charge in [-0.2, -0.15) is 0 Å². The van der Waals surface area contributed by atoms with E-state index < -0.39 is 0 Å². The molecule has 18 heavy (non-hydrogen) atoms. The van der Waals surface area contributed by atoms with E-state index in [1.807, 2.05) is 24.4 Å². The van der Waals surface area contributed by atoms with Gasteiger partial charge in [0.2, 0.25) is 0 Å². The summed E-state index contributed by atoms with van der Waals surface area (Å²) in [6, 6.07) is 14.5. The normalized spacial score (nSPS) is 11.6. The monoisotopic (exact) mass is 269 g/mol.